The SMILES string of the molecule is COC(=O)c1ccc(NC(=O)[C@@H]2N[C@]3(CC3C(C)(C)C)[C@@]3(C(=O)Nc4cc(Cl)ccc43)[C@H]2c2cccc(Cl)c2F)cc1. The van der Waals surface area contributed by atoms with Crippen LogP contribution in [-0.2, 0) is 19.7 Å². The van der Waals surface area contributed by atoms with Crippen molar-refractivity contribution < 1.29 is 23.5 Å². The van der Waals surface area contributed by atoms with E-state index in [2.05, 4.69) is 36.7 Å². The zero-order chi connectivity index (χ0) is 30.2. The van der Waals surface area contributed by atoms with E-state index in [0.717, 1.165) is 0 Å². The summed E-state index contributed by atoms with van der Waals surface area (Å²) in [4.78, 5) is 40.5. The number of carbonyl (C=O) groups is 3. The maximum absolute atomic E-state index is 16.0. The van der Waals surface area contributed by atoms with Crippen LogP contribution in [0.5, 0.6) is 0 Å². The molecule has 0 bridgehead atoms. The van der Waals surface area contributed by atoms with Crippen molar-refractivity contribution in [2.24, 2.45) is 11.3 Å². The summed E-state index contributed by atoms with van der Waals surface area (Å²) in [6.07, 6.45) is 0.599. The fourth-order valence-electron chi connectivity index (χ4n) is 7.38. The molecule has 1 saturated heterocycles. The summed E-state index contributed by atoms with van der Waals surface area (Å²) in [5.41, 5.74) is -0.292. The number of anilines is 2. The Balaban J connectivity index is 1.53. The summed E-state index contributed by atoms with van der Waals surface area (Å²) in [6, 6.07) is 15.1. The first-order valence-electron chi connectivity index (χ1n) is 13.7. The van der Waals surface area contributed by atoms with E-state index in [1.807, 2.05) is 0 Å². The van der Waals surface area contributed by atoms with Crippen molar-refractivity contribution in [3.63, 3.8) is 0 Å². The molecular formula is C32H30Cl2FN3O4. The van der Waals surface area contributed by atoms with Gasteiger partial charge in [-0.1, -0.05) is 62.2 Å². The Labute approximate surface area is 253 Å². The lowest BCUT2D eigenvalue weighted by Crippen LogP contribution is -2.52. The number of fused-ring (bicyclic) bond motifs is 3. The lowest BCUT2D eigenvalue weighted by molar-refractivity contribution is -0.122. The van der Waals surface area contributed by atoms with Crippen molar-refractivity contribution in [1.29, 1.82) is 0 Å². The highest BCUT2D eigenvalue weighted by molar-refractivity contribution is 6.31. The number of hydrogen-bond acceptors (Lipinski definition) is 5. The van der Waals surface area contributed by atoms with Crippen LogP contribution in [0, 0.1) is 17.2 Å². The van der Waals surface area contributed by atoms with Gasteiger partial charge in [0.25, 0.3) is 0 Å². The zero-order valence-electron chi connectivity index (χ0n) is 23.5. The molecule has 2 aliphatic heterocycles. The Hall–Kier alpha value is -3.46. The highest BCUT2D eigenvalue weighted by Crippen LogP contribution is 2.72. The monoisotopic (exact) mass is 609 g/mol. The van der Waals surface area contributed by atoms with Crippen LogP contribution in [0.1, 0.15) is 54.6 Å². The summed E-state index contributed by atoms with van der Waals surface area (Å²) in [6.45, 7) is 6.30. The first kappa shape index (κ1) is 28.6. The van der Waals surface area contributed by atoms with E-state index < -0.39 is 40.6 Å². The third-order valence-corrected chi connectivity index (χ3v) is 9.64. The predicted octanol–water partition coefficient (Wildman–Crippen LogP) is 6.31. The number of rotatable bonds is 4. The minimum absolute atomic E-state index is 0.0146. The Bertz CT molecular complexity index is 1640. The van der Waals surface area contributed by atoms with Gasteiger partial charge in [0.05, 0.1) is 23.7 Å². The Morgan fingerprint density at radius 1 is 1.07 bits per heavy atom. The summed E-state index contributed by atoms with van der Waals surface area (Å²) < 4.78 is 20.8. The normalized spacial score (nSPS) is 27.6. The number of methoxy groups -OCH3 is 1. The number of carbonyl (C=O) groups excluding carboxylic acids is 3. The van der Waals surface area contributed by atoms with Crippen LogP contribution in [0.25, 0.3) is 0 Å². The molecule has 0 aromatic heterocycles. The van der Waals surface area contributed by atoms with E-state index in [-0.39, 0.29) is 27.8 Å². The molecule has 2 spiro atoms. The number of benzene rings is 3. The lowest BCUT2D eigenvalue weighted by atomic mass is 9.61. The van der Waals surface area contributed by atoms with E-state index in [4.69, 9.17) is 27.9 Å². The first-order valence-corrected chi connectivity index (χ1v) is 14.4. The number of halogens is 3. The van der Waals surface area contributed by atoms with E-state index in [0.29, 0.717) is 33.9 Å². The van der Waals surface area contributed by atoms with Gasteiger partial charge >= 0.3 is 5.97 Å². The van der Waals surface area contributed by atoms with E-state index in [9.17, 15) is 14.4 Å². The second kappa shape index (κ2) is 9.79. The molecule has 1 saturated carbocycles. The topological polar surface area (TPSA) is 96.5 Å². The molecule has 2 amide bonds. The average molecular weight is 611 g/mol. The molecular weight excluding hydrogens is 580 g/mol. The van der Waals surface area contributed by atoms with Gasteiger partial charge in [-0.25, -0.2) is 9.18 Å². The quantitative estimate of drug-likeness (QED) is 0.301. The number of amides is 2. The van der Waals surface area contributed by atoms with Crippen molar-refractivity contribution in [3.8, 4) is 0 Å². The van der Waals surface area contributed by atoms with Gasteiger partial charge in [0.1, 0.15) is 11.2 Å². The second-order valence-corrected chi connectivity index (χ2v) is 13.2. The minimum Gasteiger partial charge on any atom is -0.465 e. The van der Waals surface area contributed by atoms with Crippen LogP contribution in [0.2, 0.25) is 10.0 Å². The molecule has 5 atom stereocenters. The maximum Gasteiger partial charge on any atom is 0.337 e. The van der Waals surface area contributed by atoms with Gasteiger partial charge in [-0.3, -0.25) is 14.9 Å². The molecule has 3 aliphatic rings. The average Bonchev–Trinajstić information content (AvgIpc) is 3.52. The molecule has 42 heavy (non-hydrogen) atoms. The van der Waals surface area contributed by atoms with E-state index >= 15 is 4.39 Å². The number of nitrogens with one attached hydrogen (secondary N) is 3. The van der Waals surface area contributed by atoms with Gasteiger partial charge in [-0.2, -0.15) is 0 Å². The van der Waals surface area contributed by atoms with Gasteiger partial charge in [0.15, 0.2) is 0 Å². The molecule has 0 radical (unpaired) electrons. The maximum atomic E-state index is 16.0. The Morgan fingerprint density at radius 2 is 1.79 bits per heavy atom. The summed E-state index contributed by atoms with van der Waals surface area (Å²) in [5, 5.41) is 9.85. The minimum atomic E-state index is -1.34. The highest BCUT2D eigenvalue weighted by Gasteiger charge is 2.81. The molecule has 3 aromatic carbocycles. The highest BCUT2D eigenvalue weighted by atomic mass is 35.5. The Kier molecular flexibility index (Phi) is 6.68. The van der Waals surface area contributed by atoms with Crippen LogP contribution in [0.4, 0.5) is 15.8 Å². The summed E-state index contributed by atoms with van der Waals surface area (Å²) in [5.74, 6) is -2.92. The van der Waals surface area contributed by atoms with Crippen molar-refractivity contribution >= 4 is 52.4 Å². The summed E-state index contributed by atoms with van der Waals surface area (Å²) >= 11 is 12.6. The molecule has 7 nitrogen and oxygen atoms in total. The molecule has 1 aliphatic carbocycles. The first-order chi connectivity index (χ1) is 19.8. The van der Waals surface area contributed by atoms with Crippen LogP contribution in [-0.4, -0.2) is 36.5 Å². The molecule has 10 heteroatoms. The number of ether oxygens (including phenoxy) is 1. The molecule has 3 N–H and O–H groups in total. The summed E-state index contributed by atoms with van der Waals surface area (Å²) in [7, 11) is 1.29. The standard InChI is InChI=1S/C32H30Cl2FN3O4/c1-30(2,3)23-15-31(23)32(20-13-10-17(33)14-22(20)37-29(32)41)24(19-6-5-7-21(34)25(19)35)26(38-31)27(39)36-18-11-8-16(9-12-18)28(40)42-4/h5-14,23-24,26,38H,15H2,1-4H3,(H,36,39)(H,37,41)/t23?,24-,26+,31-,32+/m0/s1. The molecule has 2 fully saturated rings. The van der Waals surface area contributed by atoms with Crippen LogP contribution >= 0.6 is 23.2 Å². The fourth-order valence-corrected chi connectivity index (χ4v) is 7.74. The van der Waals surface area contributed by atoms with Gasteiger partial charge < -0.3 is 15.4 Å². The molecule has 1 unspecified atom stereocenters. The number of esters is 1. The van der Waals surface area contributed by atoms with Crippen molar-refractivity contribution in [1.82, 2.24) is 5.32 Å². The third kappa shape index (κ3) is 4.07. The van der Waals surface area contributed by atoms with E-state index in [1.54, 1.807) is 54.6 Å². The predicted molar refractivity (Wildman–Crippen MR) is 160 cm³/mol. The van der Waals surface area contributed by atoms with Crippen LogP contribution < -0.4 is 16.0 Å². The fraction of sp³-hybridized carbons (Fsp3) is 0.344. The molecule has 6 rings (SSSR count). The molecule has 218 valence electrons. The van der Waals surface area contributed by atoms with Crippen LogP contribution in [0.15, 0.2) is 60.7 Å². The zero-order valence-corrected chi connectivity index (χ0v) is 25.0. The van der Waals surface area contributed by atoms with Gasteiger partial charge in [-0.05, 0) is 71.3 Å². The second-order valence-electron chi connectivity index (χ2n) is 12.3. The molecule has 2 heterocycles. The van der Waals surface area contributed by atoms with Crippen molar-refractivity contribution in [2.45, 2.75) is 50.1 Å². The van der Waals surface area contributed by atoms with Crippen LogP contribution in [0.3, 0.4) is 0 Å². The van der Waals surface area contributed by atoms with Gasteiger partial charge in [0, 0.05) is 27.9 Å². The van der Waals surface area contributed by atoms with Gasteiger partial charge in [-0.15, -0.1) is 0 Å². The third-order valence-electron chi connectivity index (χ3n) is 9.11. The Morgan fingerprint density at radius 3 is 2.43 bits per heavy atom. The molecule has 3 aromatic rings. The lowest BCUT2D eigenvalue weighted by Gasteiger charge is -2.38. The van der Waals surface area contributed by atoms with Crippen molar-refractivity contribution in [2.75, 3.05) is 17.7 Å². The largest absolute Gasteiger partial charge is 0.465 e. The smallest absolute Gasteiger partial charge is 0.337 e. The number of hydrogen-bond donors (Lipinski definition) is 3. The van der Waals surface area contributed by atoms with Crippen molar-refractivity contribution in [3.05, 3.63) is 93.2 Å². The van der Waals surface area contributed by atoms with E-state index in [1.165, 1.54) is 13.2 Å². The van der Waals surface area contributed by atoms with Gasteiger partial charge in [0.2, 0.25) is 11.8 Å².